The molecule has 2 aromatic carbocycles. The van der Waals surface area contributed by atoms with E-state index in [4.69, 9.17) is 21.1 Å². The zero-order valence-electron chi connectivity index (χ0n) is 16.2. The van der Waals surface area contributed by atoms with Crippen molar-refractivity contribution < 1.29 is 22.7 Å². The van der Waals surface area contributed by atoms with Crippen LogP contribution in [-0.4, -0.2) is 51.0 Å². The molecule has 0 aromatic heterocycles. The van der Waals surface area contributed by atoms with Crippen molar-refractivity contribution in [2.75, 3.05) is 31.6 Å². The molecule has 0 aliphatic carbocycles. The summed E-state index contributed by atoms with van der Waals surface area (Å²) >= 11 is 6.17. The van der Waals surface area contributed by atoms with Crippen molar-refractivity contribution in [3.63, 3.8) is 0 Å². The fourth-order valence-corrected chi connectivity index (χ4v) is 4.41. The topological polar surface area (TPSA) is 84.9 Å². The van der Waals surface area contributed by atoms with E-state index in [1.54, 1.807) is 19.1 Å². The van der Waals surface area contributed by atoms with Gasteiger partial charge in [0.15, 0.2) is 6.10 Å². The minimum absolute atomic E-state index is 0.0613. The van der Waals surface area contributed by atoms with Gasteiger partial charge in [-0.2, -0.15) is 4.31 Å². The highest BCUT2D eigenvalue weighted by molar-refractivity contribution is 7.89. The number of anilines is 1. The van der Waals surface area contributed by atoms with Crippen molar-refractivity contribution >= 4 is 33.2 Å². The zero-order chi connectivity index (χ0) is 21.0. The van der Waals surface area contributed by atoms with Crippen molar-refractivity contribution in [1.29, 1.82) is 0 Å². The van der Waals surface area contributed by atoms with Crippen LogP contribution < -0.4 is 10.1 Å². The van der Waals surface area contributed by atoms with Gasteiger partial charge in [-0.15, -0.1) is 0 Å². The first-order valence-electron chi connectivity index (χ1n) is 9.19. The molecule has 1 amide bonds. The lowest BCUT2D eigenvalue weighted by Gasteiger charge is -2.26. The fourth-order valence-electron chi connectivity index (χ4n) is 2.81. The SMILES string of the molecule is Cc1ccc(O[C@H](C)C(=O)Nc2cc(S(=O)(=O)N3CCOCC3)ccc2Cl)cc1. The fraction of sp³-hybridized carbons (Fsp3) is 0.350. The van der Waals surface area contributed by atoms with Crippen molar-refractivity contribution in [2.45, 2.75) is 24.8 Å². The monoisotopic (exact) mass is 438 g/mol. The quantitative estimate of drug-likeness (QED) is 0.749. The summed E-state index contributed by atoms with van der Waals surface area (Å²) in [6, 6.07) is 11.6. The smallest absolute Gasteiger partial charge is 0.265 e. The molecular formula is C20H23ClN2O5S. The van der Waals surface area contributed by atoms with Crippen LogP contribution in [0.15, 0.2) is 47.4 Å². The van der Waals surface area contributed by atoms with Crippen molar-refractivity contribution in [3.05, 3.63) is 53.1 Å². The van der Waals surface area contributed by atoms with Gasteiger partial charge in [-0.1, -0.05) is 29.3 Å². The highest BCUT2D eigenvalue weighted by atomic mass is 35.5. The number of hydrogen-bond donors (Lipinski definition) is 1. The summed E-state index contributed by atoms with van der Waals surface area (Å²) in [5.74, 6) is 0.126. The molecule has 0 bridgehead atoms. The van der Waals surface area contributed by atoms with Crippen LogP contribution in [0, 0.1) is 6.92 Å². The molecule has 0 radical (unpaired) electrons. The molecule has 1 heterocycles. The first-order valence-corrected chi connectivity index (χ1v) is 11.0. The Balaban J connectivity index is 1.73. The number of morpholine rings is 1. The lowest BCUT2D eigenvalue weighted by Crippen LogP contribution is -2.40. The van der Waals surface area contributed by atoms with Crippen LogP contribution >= 0.6 is 11.6 Å². The maximum absolute atomic E-state index is 12.8. The van der Waals surface area contributed by atoms with Gasteiger partial charge in [-0.3, -0.25) is 4.79 Å². The Bertz CT molecular complexity index is 973. The third kappa shape index (κ3) is 5.27. The number of carbonyl (C=O) groups excluding carboxylic acids is 1. The number of hydrogen-bond acceptors (Lipinski definition) is 5. The Morgan fingerprint density at radius 1 is 1.17 bits per heavy atom. The number of sulfonamides is 1. The van der Waals surface area contributed by atoms with Gasteiger partial charge in [-0.05, 0) is 44.2 Å². The Labute approximate surface area is 175 Å². The van der Waals surface area contributed by atoms with E-state index in [0.29, 0.717) is 19.0 Å². The molecule has 0 saturated carbocycles. The van der Waals surface area contributed by atoms with Gasteiger partial charge in [0.05, 0.1) is 28.8 Å². The first kappa shape index (κ1) is 21.6. The van der Waals surface area contributed by atoms with Crippen molar-refractivity contribution in [2.24, 2.45) is 0 Å². The number of nitrogens with zero attached hydrogens (tertiary/aromatic N) is 1. The number of nitrogens with one attached hydrogen (secondary N) is 1. The van der Waals surface area contributed by atoms with Crippen LogP contribution in [0.2, 0.25) is 5.02 Å². The number of ether oxygens (including phenoxy) is 2. The summed E-state index contributed by atoms with van der Waals surface area (Å²) in [7, 11) is -3.70. The second-order valence-corrected chi connectivity index (χ2v) is 9.07. The second kappa shape index (κ2) is 9.13. The van der Waals surface area contributed by atoms with Crippen LogP contribution in [0.25, 0.3) is 0 Å². The maximum atomic E-state index is 12.8. The number of benzene rings is 2. The lowest BCUT2D eigenvalue weighted by atomic mass is 10.2. The molecule has 29 heavy (non-hydrogen) atoms. The van der Waals surface area contributed by atoms with E-state index in [1.165, 1.54) is 22.5 Å². The lowest BCUT2D eigenvalue weighted by molar-refractivity contribution is -0.122. The second-order valence-electron chi connectivity index (χ2n) is 6.72. The predicted octanol–water partition coefficient (Wildman–Crippen LogP) is 3.08. The van der Waals surface area contributed by atoms with Gasteiger partial charge in [0.25, 0.3) is 5.91 Å². The van der Waals surface area contributed by atoms with Crippen LogP contribution in [0.1, 0.15) is 12.5 Å². The predicted molar refractivity (Wildman–Crippen MR) is 111 cm³/mol. The Hall–Kier alpha value is -2.13. The highest BCUT2D eigenvalue weighted by Gasteiger charge is 2.27. The van der Waals surface area contributed by atoms with Crippen LogP contribution in [0.3, 0.4) is 0 Å². The van der Waals surface area contributed by atoms with Gasteiger partial charge < -0.3 is 14.8 Å². The van der Waals surface area contributed by atoms with Crippen LogP contribution in [0.5, 0.6) is 5.75 Å². The number of carbonyl (C=O) groups is 1. The largest absolute Gasteiger partial charge is 0.481 e. The van der Waals surface area contributed by atoms with Gasteiger partial charge in [0.2, 0.25) is 10.0 Å². The number of halogens is 1. The molecule has 1 fully saturated rings. The molecule has 0 spiro atoms. The van der Waals surface area contributed by atoms with Crippen molar-refractivity contribution in [1.82, 2.24) is 4.31 Å². The third-order valence-electron chi connectivity index (χ3n) is 4.51. The Morgan fingerprint density at radius 2 is 1.83 bits per heavy atom. The molecule has 0 unspecified atom stereocenters. The van der Waals surface area contributed by atoms with E-state index >= 15 is 0 Å². The molecule has 1 aliphatic heterocycles. The molecule has 1 atom stereocenters. The summed E-state index contributed by atoms with van der Waals surface area (Å²) in [4.78, 5) is 12.6. The molecule has 3 rings (SSSR count). The molecule has 156 valence electrons. The molecular weight excluding hydrogens is 416 g/mol. The van der Waals surface area contributed by atoms with E-state index in [9.17, 15) is 13.2 Å². The summed E-state index contributed by atoms with van der Waals surface area (Å²) < 4.78 is 37.9. The molecule has 1 saturated heterocycles. The standard InChI is InChI=1S/C20H23ClN2O5S/c1-14-3-5-16(6-4-14)28-15(2)20(24)22-19-13-17(7-8-18(19)21)29(25,26)23-9-11-27-12-10-23/h3-8,13,15H,9-12H2,1-2H3,(H,22,24)/t15-/m1/s1. The number of rotatable bonds is 6. The van der Waals surface area contributed by atoms with Gasteiger partial charge >= 0.3 is 0 Å². The minimum atomic E-state index is -3.70. The summed E-state index contributed by atoms with van der Waals surface area (Å²) in [5.41, 5.74) is 1.30. The molecule has 7 nitrogen and oxygen atoms in total. The Morgan fingerprint density at radius 3 is 2.48 bits per heavy atom. The molecule has 2 aromatic rings. The van der Waals surface area contributed by atoms with Crippen LogP contribution in [0.4, 0.5) is 5.69 Å². The Kier molecular flexibility index (Phi) is 6.79. The van der Waals surface area contributed by atoms with Gasteiger partial charge in [0.1, 0.15) is 5.75 Å². The molecule has 1 aliphatic rings. The van der Waals surface area contributed by atoms with E-state index in [-0.39, 0.29) is 28.7 Å². The first-order chi connectivity index (χ1) is 13.8. The van der Waals surface area contributed by atoms with Crippen LogP contribution in [-0.2, 0) is 19.6 Å². The van der Waals surface area contributed by atoms with Gasteiger partial charge in [-0.25, -0.2) is 8.42 Å². The number of aryl methyl sites for hydroxylation is 1. The number of amides is 1. The summed E-state index contributed by atoms with van der Waals surface area (Å²) in [6.07, 6.45) is -0.798. The average molecular weight is 439 g/mol. The summed E-state index contributed by atoms with van der Waals surface area (Å²) in [5, 5.41) is 2.89. The highest BCUT2D eigenvalue weighted by Crippen LogP contribution is 2.27. The molecule has 9 heteroatoms. The summed E-state index contributed by atoms with van der Waals surface area (Å²) in [6.45, 7) is 4.84. The normalized spacial score (nSPS) is 16.2. The van der Waals surface area contributed by atoms with Gasteiger partial charge in [0, 0.05) is 13.1 Å². The van der Waals surface area contributed by atoms with E-state index < -0.39 is 22.0 Å². The average Bonchev–Trinajstić information content (AvgIpc) is 2.71. The zero-order valence-corrected chi connectivity index (χ0v) is 17.8. The van der Waals surface area contributed by atoms with E-state index in [0.717, 1.165) is 5.56 Å². The minimum Gasteiger partial charge on any atom is -0.481 e. The van der Waals surface area contributed by atoms with E-state index in [1.807, 2.05) is 19.1 Å². The van der Waals surface area contributed by atoms with Crippen molar-refractivity contribution in [3.8, 4) is 5.75 Å². The third-order valence-corrected chi connectivity index (χ3v) is 6.73. The van der Waals surface area contributed by atoms with E-state index in [2.05, 4.69) is 5.32 Å². The maximum Gasteiger partial charge on any atom is 0.265 e. The molecule has 1 N–H and O–H groups in total.